The minimum absolute atomic E-state index is 0.00373. The number of aliphatic hydroxyl groups excluding tert-OH is 1. The summed E-state index contributed by atoms with van der Waals surface area (Å²) < 4.78 is 28.4. The Labute approximate surface area is 154 Å². The molecule has 1 aromatic carbocycles. The van der Waals surface area contributed by atoms with Gasteiger partial charge in [0, 0.05) is 42.0 Å². The number of benzene rings is 1. The van der Waals surface area contributed by atoms with Crippen molar-refractivity contribution < 1.29 is 17.9 Å². The smallest absolute Gasteiger partial charge is 0.217 e. The van der Waals surface area contributed by atoms with Crippen LogP contribution in [0.4, 0.5) is 0 Å². The summed E-state index contributed by atoms with van der Waals surface area (Å²) in [6, 6.07) is 9.19. The topological polar surface area (TPSA) is 70.8 Å². The number of nitrogens with zero attached hydrogens (tertiary/aromatic N) is 1. The minimum atomic E-state index is -3.37. The third kappa shape index (κ3) is 5.57. The van der Waals surface area contributed by atoms with Gasteiger partial charge in [-0.05, 0) is 31.9 Å². The highest BCUT2D eigenvalue weighted by atomic mass is 35.5. The van der Waals surface area contributed by atoms with E-state index in [9.17, 15) is 13.5 Å². The van der Waals surface area contributed by atoms with Gasteiger partial charge in [-0.2, -0.15) is 0 Å². The maximum Gasteiger partial charge on any atom is 0.217 e. The summed E-state index contributed by atoms with van der Waals surface area (Å²) in [5.41, 5.74) is 1.76. The Morgan fingerprint density at radius 2 is 1.96 bits per heavy atom. The van der Waals surface area contributed by atoms with E-state index in [2.05, 4.69) is 4.90 Å². The van der Waals surface area contributed by atoms with Crippen molar-refractivity contribution in [2.75, 3.05) is 12.8 Å². The summed E-state index contributed by atoms with van der Waals surface area (Å²) in [5.74, 6) is 0. The van der Waals surface area contributed by atoms with Crippen LogP contribution in [0.3, 0.4) is 0 Å². The first-order valence-corrected chi connectivity index (χ1v) is 10.4. The van der Waals surface area contributed by atoms with Crippen molar-refractivity contribution in [3.8, 4) is 0 Å². The molecule has 7 heteroatoms. The van der Waals surface area contributed by atoms with Crippen molar-refractivity contribution in [2.24, 2.45) is 0 Å². The molecule has 2 atom stereocenters. The van der Waals surface area contributed by atoms with Gasteiger partial charge in [-0.3, -0.25) is 4.90 Å². The average Bonchev–Trinajstić information content (AvgIpc) is 3.00. The van der Waals surface area contributed by atoms with Crippen LogP contribution >= 0.6 is 11.6 Å². The van der Waals surface area contributed by atoms with Crippen molar-refractivity contribution in [1.82, 2.24) is 4.90 Å². The lowest BCUT2D eigenvalue weighted by Gasteiger charge is -2.30. The molecule has 2 aromatic rings. The number of hydrogen-bond donors (Lipinski definition) is 1. The number of halogens is 1. The second kappa shape index (κ2) is 8.36. The fraction of sp³-hybridized carbons (Fsp3) is 0.444. The molecule has 2 rings (SSSR count). The predicted molar refractivity (Wildman–Crippen MR) is 98.4 cm³/mol. The Balaban J connectivity index is 2.23. The fourth-order valence-corrected chi connectivity index (χ4v) is 3.52. The van der Waals surface area contributed by atoms with E-state index in [4.69, 9.17) is 16.0 Å². The van der Waals surface area contributed by atoms with Gasteiger partial charge in [-0.15, -0.1) is 0 Å². The van der Waals surface area contributed by atoms with E-state index in [0.29, 0.717) is 24.5 Å². The van der Waals surface area contributed by atoms with Gasteiger partial charge in [0.05, 0.1) is 12.4 Å². The first-order valence-electron chi connectivity index (χ1n) is 8.12. The lowest BCUT2D eigenvalue weighted by Crippen LogP contribution is -2.29. The SMILES string of the molecule is CC(O)CCN(Cc1coc(S(C)(=O)=O)c1)C(C)c1ccccc1Cl. The van der Waals surface area contributed by atoms with Crippen molar-refractivity contribution in [3.63, 3.8) is 0 Å². The molecule has 0 aliphatic carbocycles. The molecule has 0 spiro atoms. The van der Waals surface area contributed by atoms with Crippen LogP contribution in [0.2, 0.25) is 5.02 Å². The highest BCUT2D eigenvalue weighted by Crippen LogP contribution is 2.29. The quantitative estimate of drug-likeness (QED) is 0.750. The standard InChI is InChI=1S/C18H24ClNO4S/c1-13(21)8-9-20(14(2)16-6-4-5-7-17(16)19)11-15-10-18(24-12-15)25(3,22)23/h4-7,10,12-14,21H,8-9,11H2,1-3H3. The lowest BCUT2D eigenvalue weighted by atomic mass is 10.1. The summed E-state index contributed by atoms with van der Waals surface area (Å²) in [4.78, 5) is 2.14. The fourth-order valence-electron chi connectivity index (χ4n) is 2.64. The van der Waals surface area contributed by atoms with Gasteiger partial charge in [0.2, 0.25) is 14.9 Å². The monoisotopic (exact) mass is 385 g/mol. The molecule has 0 saturated carbocycles. The zero-order valence-electron chi connectivity index (χ0n) is 14.6. The van der Waals surface area contributed by atoms with Crippen LogP contribution in [0, 0.1) is 0 Å². The Bertz CT molecular complexity index is 801. The summed E-state index contributed by atoms with van der Waals surface area (Å²) >= 11 is 6.32. The van der Waals surface area contributed by atoms with E-state index in [0.717, 1.165) is 17.4 Å². The van der Waals surface area contributed by atoms with Gasteiger partial charge in [0.1, 0.15) is 0 Å². The summed E-state index contributed by atoms with van der Waals surface area (Å²) in [5, 5.41) is 10.3. The number of rotatable bonds is 8. The molecule has 0 radical (unpaired) electrons. The molecule has 0 aliphatic heterocycles. The van der Waals surface area contributed by atoms with Gasteiger partial charge in [0.15, 0.2) is 0 Å². The second-order valence-electron chi connectivity index (χ2n) is 6.35. The lowest BCUT2D eigenvalue weighted by molar-refractivity contribution is 0.133. The van der Waals surface area contributed by atoms with Crippen LogP contribution in [0.5, 0.6) is 0 Å². The number of hydrogen-bond acceptors (Lipinski definition) is 5. The summed E-state index contributed by atoms with van der Waals surface area (Å²) in [6.45, 7) is 4.93. The third-order valence-electron chi connectivity index (χ3n) is 4.12. The van der Waals surface area contributed by atoms with E-state index in [1.54, 1.807) is 13.0 Å². The molecule has 1 heterocycles. The molecular formula is C18H24ClNO4S. The van der Waals surface area contributed by atoms with Crippen LogP contribution in [0.25, 0.3) is 0 Å². The summed E-state index contributed by atoms with van der Waals surface area (Å²) in [6.07, 6.45) is 2.76. The largest absolute Gasteiger partial charge is 0.453 e. The predicted octanol–water partition coefficient (Wildman–Crippen LogP) is 3.67. The Kier molecular flexibility index (Phi) is 6.68. The maximum absolute atomic E-state index is 11.6. The van der Waals surface area contributed by atoms with Crippen LogP contribution in [-0.4, -0.2) is 37.3 Å². The van der Waals surface area contributed by atoms with Gasteiger partial charge >= 0.3 is 0 Å². The first kappa shape index (κ1) is 20.0. The number of aliphatic hydroxyl groups is 1. The molecule has 25 heavy (non-hydrogen) atoms. The van der Waals surface area contributed by atoms with E-state index in [-0.39, 0.29) is 11.1 Å². The molecule has 1 N–H and O–H groups in total. The zero-order valence-corrected chi connectivity index (χ0v) is 16.2. The molecule has 5 nitrogen and oxygen atoms in total. The van der Waals surface area contributed by atoms with Gasteiger partial charge in [-0.1, -0.05) is 29.8 Å². The van der Waals surface area contributed by atoms with Crippen LogP contribution in [0.15, 0.2) is 46.1 Å². The third-order valence-corrected chi connectivity index (χ3v) is 5.41. The van der Waals surface area contributed by atoms with E-state index in [1.807, 2.05) is 31.2 Å². The van der Waals surface area contributed by atoms with Crippen molar-refractivity contribution in [1.29, 1.82) is 0 Å². The average molecular weight is 386 g/mol. The molecule has 0 amide bonds. The van der Waals surface area contributed by atoms with Crippen molar-refractivity contribution >= 4 is 21.4 Å². The van der Waals surface area contributed by atoms with E-state index < -0.39 is 15.9 Å². The normalized spacial score (nSPS) is 14.6. The van der Waals surface area contributed by atoms with Gasteiger partial charge < -0.3 is 9.52 Å². The second-order valence-corrected chi connectivity index (χ2v) is 8.71. The zero-order chi connectivity index (χ0) is 18.6. The minimum Gasteiger partial charge on any atom is -0.453 e. The van der Waals surface area contributed by atoms with E-state index >= 15 is 0 Å². The van der Waals surface area contributed by atoms with Crippen molar-refractivity contribution in [3.05, 3.63) is 52.7 Å². The molecule has 0 fully saturated rings. The highest BCUT2D eigenvalue weighted by molar-refractivity contribution is 7.90. The summed E-state index contributed by atoms with van der Waals surface area (Å²) in [7, 11) is -3.37. The maximum atomic E-state index is 11.6. The molecular weight excluding hydrogens is 362 g/mol. The van der Waals surface area contributed by atoms with Crippen LogP contribution in [0.1, 0.15) is 37.4 Å². The van der Waals surface area contributed by atoms with Gasteiger partial charge in [0.25, 0.3) is 0 Å². The van der Waals surface area contributed by atoms with Crippen LogP contribution in [-0.2, 0) is 16.4 Å². The molecule has 0 saturated heterocycles. The van der Waals surface area contributed by atoms with Crippen molar-refractivity contribution in [2.45, 2.75) is 44.1 Å². The highest BCUT2D eigenvalue weighted by Gasteiger charge is 2.21. The molecule has 1 aromatic heterocycles. The van der Waals surface area contributed by atoms with Crippen LogP contribution < -0.4 is 0 Å². The first-order chi connectivity index (χ1) is 11.7. The Hall–Kier alpha value is -1.34. The van der Waals surface area contributed by atoms with Gasteiger partial charge in [-0.25, -0.2) is 8.42 Å². The Morgan fingerprint density at radius 3 is 2.52 bits per heavy atom. The number of sulfone groups is 1. The van der Waals surface area contributed by atoms with E-state index in [1.165, 1.54) is 6.26 Å². The molecule has 0 bridgehead atoms. The Morgan fingerprint density at radius 1 is 1.28 bits per heavy atom. The molecule has 2 unspecified atom stereocenters. The molecule has 138 valence electrons. The number of furan rings is 1. The molecule has 0 aliphatic rings.